The topological polar surface area (TPSA) is 33.2 Å². The van der Waals surface area contributed by atoms with Gasteiger partial charge in [-0.1, -0.05) is 44.9 Å². The Hall–Kier alpha value is -0.900. The van der Waals surface area contributed by atoms with Crippen molar-refractivity contribution in [2.45, 2.75) is 52.4 Å². The average molecular weight is 268 g/mol. The van der Waals surface area contributed by atoms with Gasteiger partial charge >= 0.3 is 0 Å². The summed E-state index contributed by atoms with van der Waals surface area (Å²) in [6.45, 7) is 7.47. The van der Waals surface area contributed by atoms with Crippen LogP contribution in [0.4, 0.5) is 5.13 Å². The number of unbranched alkanes of at least 4 members (excludes halogenated alkanes) is 2. The Kier molecular flexibility index (Phi) is 6.33. The Morgan fingerprint density at radius 3 is 2.67 bits per heavy atom. The smallest absolute Gasteiger partial charge is 0.185 e. The second kappa shape index (κ2) is 7.52. The van der Waals surface area contributed by atoms with Gasteiger partial charge in [-0.25, -0.2) is 4.98 Å². The van der Waals surface area contributed by atoms with Crippen molar-refractivity contribution in [1.82, 2.24) is 4.98 Å². The predicted octanol–water partition coefficient (Wildman–Crippen LogP) is 4.10. The Balaban J connectivity index is 2.77. The van der Waals surface area contributed by atoms with Gasteiger partial charge in [0.1, 0.15) is 0 Å². The molecule has 1 heterocycles. The number of hydrogen-bond acceptors (Lipinski definition) is 4. The first-order chi connectivity index (χ1) is 8.63. The third kappa shape index (κ3) is 3.80. The summed E-state index contributed by atoms with van der Waals surface area (Å²) in [5, 5.41) is 0.975. The number of aromatic nitrogens is 1. The maximum absolute atomic E-state index is 11.1. The highest BCUT2D eigenvalue weighted by molar-refractivity contribution is 7.17. The monoisotopic (exact) mass is 268 g/mol. The zero-order valence-electron chi connectivity index (χ0n) is 11.9. The van der Waals surface area contributed by atoms with Crippen LogP contribution in [0, 0.1) is 0 Å². The maximum atomic E-state index is 11.1. The van der Waals surface area contributed by atoms with Gasteiger partial charge in [-0.3, -0.25) is 4.79 Å². The third-order valence-corrected chi connectivity index (χ3v) is 4.39. The molecule has 1 aromatic heterocycles. The van der Waals surface area contributed by atoms with E-state index in [1.54, 1.807) is 0 Å². The molecule has 0 aliphatic rings. The maximum Gasteiger partial charge on any atom is 0.185 e. The molecule has 18 heavy (non-hydrogen) atoms. The number of hydrogen-bond donors (Lipinski definition) is 0. The summed E-state index contributed by atoms with van der Waals surface area (Å²) in [5.74, 6) is 0.360. The molecule has 102 valence electrons. The standard InChI is InChI=1S/C14H24N2OS/c1-5-7-8-9-16(4)14-15-13(11(3)6-2)12(10-17)18-14/h10-11H,5-9H2,1-4H3. The number of carbonyl (C=O) groups is 1. The van der Waals surface area contributed by atoms with Crippen molar-refractivity contribution in [2.24, 2.45) is 0 Å². The largest absolute Gasteiger partial charge is 0.351 e. The lowest BCUT2D eigenvalue weighted by atomic mass is 10.0. The highest BCUT2D eigenvalue weighted by Gasteiger charge is 2.17. The van der Waals surface area contributed by atoms with E-state index in [9.17, 15) is 4.79 Å². The molecule has 0 fully saturated rings. The SMILES string of the molecule is CCCCCN(C)c1nc(C(C)CC)c(C=O)s1. The first kappa shape index (κ1) is 15.2. The Morgan fingerprint density at radius 2 is 2.11 bits per heavy atom. The van der Waals surface area contributed by atoms with E-state index in [-0.39, 0.29) is 0 Å². The minimum atomic E-state index is 0.360. The van der Waals surface area contributed by atoms with Crippen LogP contribution in [0.3, 0.4) is 0 Å². The Bertz CT molecular complexity index is 376. The number of aldehydes is 1. The molecule has 1 unspecified atom stereocenters. The Labute approximate surface area is 114 Å². The summed E-state index contributed by atoms with van der Waals surface area (Å²) in [6.07, 6.45) is 5.62. The van der Waals surface area contributed by atoms with E-state index in [4.69, 9.17) is 0 Å². The summed E-state index contributed by atoms with van der Waals surface area (Å²) in [5.41, 5.74) is 0.967. The molecular weight excluding hydrogens is 244 g/mol. The summed E-state index contributed by atoms with van der Waals surface area (Å²) in [7, 11) is 2.06. The second-order valence-corrected chi connectivity index (χ2v) is 5.81. The highest BCUT2D eigenvalue weighted by atomic mass is 32.1. The molecule has 0 aliphatic carbocycles. The van der Waals surface area contributed by atoms with Crippen LogP contribution in [-0.4, -0.2) is 24.9 Å². The molecule has 0 spiro atoms. The predicted molar refractivity (Wildman–Crippen MR) is 79.0 cm³/mol. The van der Waals surface area contributed by atoms with Crippen LogP contribution in [0.2, 0.25) is 0 Å². The van der Waals surface area contributed by atoms with Gasteiger partial charge in [0, 0.05) is 13.6 Å². The highest BCUT2D eigenvalue weighted by Crippen LogP contribution is 2.30. The molecular formula is C14H24N2OS. The molecule has 1 aromatic rings. The van der Waals surface area contributed by atoms with Gasteiger partial charge in [0.25, 0.3) is 0 Å². The zero-order chi connectivity index (χ0) is 13.5. The van der Waals surface area contributed by atoms with Crippen LogP contribution in [0.15, 0.2) is 0 Å². The first-order valence-electron chi connectivity index (χ1n) is 6.81. The number of anilines is 1. The summed E-state index contributed by atoms with van der Waals surface area (Å²) in [6, 6.07) is 0. The number of rotatable bonds is 8. The van der Waals surface area contributed by atoms with Crippen molar-refractivity contribution >= 4 is 22.8 Å². The van der Waals surface area contributed by atoms with E-state index in [1.807, 2.05) is 0 Å². The van der Waals surface area contributed by atoms with Crippen molar-refractivity contribution in [1.29, 1.82) is 0 Å². The van der Waals surface area contributed by atoms with Crippen molar-refractivity contribution in [2.75, 3.05) is 18.5 Å². The summed E-state index contributed by atoms with van der Waals surface area (Å²) >= 11 is 1.52. The average Bonchev–Trinajstić information content (AvgIpc) is 2.82. The molecule has 0 N–H and O–H groups in total. The second-order valence-electron chi connectivity index (χ2n) is 4.80. The number of thiazole rings is 1. The normalized spacial score (nSPS) is 12.4. The summed E-state index contributed by atoms with van der Waals surface area (Å²) in [4.78, 5) is 18.7. The lowest BCUT2D eigenvalue weighted by molar-refractivity contribution is 0.112. The van der Waals surface area contributed by atoms with Crippen molar-refractivity contribution < 1.29 is 4.79 Å². The van der Waals surface area contributed by atoms with E-state index in [1.165, 1.54) is 30.6 Å². The van der Waals surface area contributed by atoms with Gasteiger partial charge in [-0.2, -0.15) is 0 Å². The third-order valence-electron chi connectivity index (χ3n) is 3.28. The lowest BCUT2D eigenvalue weighted by Gasteiger charge is -2.15. The molecule has 1 atom stereocenters. The van der Waals surface area contributed by atoms with Crippen LogP contribution < -0.4 is 4.90 Å². The summed E-state index contributed by atoms with van der Waals surface area (Å²) < 4.78 is 0. The van der Waals surface area contributed by atoms with Crippen molar-refractivity contribution in [3.63, 3.8) is 0 Å². The molecule has 1 rings (SSSR count). The fourth-order valence-electron chi connectivity index (χ4n) is 1.82. The Morgan fingerprint density at radius 1 is 1.39 bits per heavy atom. The fraction of sp³-hybridized carbons (Fsp3) is 0.714. The van der Waals surface area contributed by atoms with Gasteiger partial charge in [0.2, 0.25) is 0 Å². The first-order valence-corrected chi connectivity index (χ1v) is 7.62. The van der Waals surface area contributed by atoms with Crippen LogP contribution in [0.5, 0.6) is 0 Å². The quantitative estimate of drug-likeness (QED) is 0.526. The van der Waals surface area contributed by atoms with E-state index in [2.05, 4.69) is 37.7 Å². The molecule has 4 heteroatoms. The molecule has 3 nitrogen and oxygen atoms in total. The van der Waals surface area contributed by atoms with Gasteiger partial charge in [0.15, 0.2) is 11.4 Å². The fourth-order valence-corrected chi connectivity index (χ4v) is 2.81. The van der Waals surface area contributed by atoms with Crippen LogP contribution >= 0.6 is 11.3 Å². The van der Waals surface area contributed by atoms with Crippen molar-refractivity contribution in [3.8, 4) is 0 Å². The van der Waals surface area contributed by atoms with Gasteiger partial charge in [-0.05, 0) is 18.8 Å². The van der Waals surface area contributed by atoms with Gasteiger partial charge in [0.05, 0.1) is 10.6 Å². The van der Waals surface area contributed by atoms with E-state index in [0.717, 1.165) is 35.0 Å². The van der Waals surface area contributed by atoms with Crippen LogP contribution in [0.1, 0.15) is 67.7 Å². The molecule has 0 saturated carbocycles. The molecule has 0 aliphatic heterocycles. The molecule has 0 bridgehead atoms. The molecule has 0 aromatic carbocycles. The van der Waals surface area contributed by atoms with E-state index >= 15 is 0 Å². The van der Waals surface area contributed by atoms with E-state index in [0.29, 0.717) is 5.92 Å². The number of carbonyl (C=O) groups excluding carboxylic acids is 1. The van der Waals surface area contributed by atoms with Gasteiger partial charge < -0.3 is 4.90 Å². The van der Waals surface area contributed by atoms with Crippen molar-refractivity contribution in [3.05, 3.63) is 10.6 Å². The van der Waals surface area contributed by atoms with Crippen LogP contribution in [-0.2, 0) is 0 Å². The molecule has 0 radical (unpaired) electrons. The number of nitrogens with zero attached hydrogens (tertiary/aromatic N) is 2. The molecule has 0 amide bonds. The van der Waals surface area contributed by atoms with Gasteiger partial charge in [-0.15, -0.1) is 0 Å². The minimum absolute atomic E-state index is 0.360. The molecule has 0 saturated heterocycles. The lowest BCUT2D eigenvalue weighted by Crippen LogP contribution is -2.18. The minimum Gasteiger partial charge on any atom is -0.351 e. The van der Waals surface area contributed by atoms with E-state index < -0.39 is 0 Å². The van der Waals surface area contributed by atoms with Crippen LogP contribution in [0.25, 0.3) is 0 Å². The zero-order valence-corrected chi connectivity index (χ0v) is 12.7.